The van der Waals surface area contributed by atoms with Crippen molar-refractivity contribution < 1.29 is 14.4 Å². The summed E-state index contributed by atoms with van der Waals surface area (Å²) in [6.07, 6.45) is 2.51. The maximum atomic E-state index is 12.6. The Hall–Kier alpha value is -5.07. The Bertz CT molecular complexity index is 1630. The highest BCUT2D eigenvalue weighted by Crippen LogP contribution is 2.40. The predicted octanol–water partition coefficient (Wildman–Crippen LogP) is 4.18. The average Bonchev–Trinajstić information content (AvgIpc) is 3.04. The Labute approximate surface area is 267 Å². The molecule has 1 atom stereocenters. The number of piperidine rings is 1. The number of hydrogen-bond acceptors (Lipinski definition) is 9. The average molecular weight is 625 g/mol. The van der Waals surface area contributed by atoms with E-state index in [9.17, 15) is 24.9 Å². The molecule has 1 aliphatic rings. The maximum Gasteiger partial charge on any atom is 0.235 e. The number of benzene rings is 2. The third-order valence-corrected chi connectivity index (χ3v) is 8.88. The van der Waals surface area contributed by atoms with Crippen LogP contribution in [0, 0.1) is 22.7 Å². The molecular weight excluding hydrogens is 588 g/mol. The van der Waals surface area contributed by atoms with Crippen LogP contribution in [-0.4, -0.2) is 41.8 Å². The van der Waals surface area contributed by atoms with Gasteiger partial charge >= 0.3 is 0 Å². The summed E-state index contributed by atoms with van der Waals surface area (Å²) in [5.74, 6) is -0.423. The minimum Gasteiger partial charge on any atom is -0.397 e. The van der Waals surface area contributed by atoms with Gasteiger partial charge in [-0.15, -0.1) is 0 Å². The van der Waals surface area contributed by atoms with E-state index in [-0.39, 0.29) is 36.3 Å². The first-order valence-electron chi connectivity index (χ1n) is 14.8. The standard InChI is InChI=1S/C33H36N8O3S/c1-2-23-24(19-34)32(40-33(25(23)20-35)45-30(31(37)44)21-9-4-3-5-10-21)41-17-15-22(16-18-41)38-28(42)13-8-14-29(43)39-27-12-7-6-11-26(27)36/h3-7,9-12,22,30H,2,8,13-18,36H2,1H3,(H2,37,44)(H,38,42)(H,39,43). The molecule has 0 spiro atoms. The van der Waals surface area contributed by atoms with Crippen LogP contribution < -0.4 is 27.0 Å². The van der Waals surface area contributed by atoms with E-state index in [1.54, 1.807) is 36.4 Å². The largest absolute Gasteiger partial charge is 0.397 e. The van der Waals surface area contributed by atoms with Crippen molar-refractivity contribution in [3.8, 4) is 12.1 Å². The van der Waals surface area contributed by atoms with Crippen molar-refractivity contribution in [1.29, 1.82) is 10.5 Å². The molecule has 1 unspecified atom stereocenters. The van der Waals surface area contributed by atoms with Crippen LogP contribution in [0.3, 0.4) is 0 Å². The lowest BCUT2D eigenvalue weighted by Gasteiger charge is -2.34. The molecule has 3 amide bonds. The molecular formula is C33H36N8O3S. The van der Waals surface area contributed by atoms with Crippen molar-refractivity contribution in [1.82, 2.24) is 10.3 Å². The van der Waals surface area contributed by atoms with Gasteiger partial charge in [-0.05, 0) is 48.9 Å². The van der Waals surface area contributed by atoms with Gasteiger partial charge in [-0.2, -0.15) is 10.5 Å². The highest BCUT2D eigenvalue weighted by molar-refractivity contribution is 8.00. The molecule has 1 aliphatic heterocycles. The molecule has 0 radical (unpaired) electrons. The molecule has 4 rings (SSSR count). The lowest BCUT2D eigenvalue weighted by Crippen LogP contribution is -2.45. The summed E-state index contributed by atoms with van der Waals surface area (Å²) in [7, 11) is 0. The molecule has 6 N–H and O–H groups in total. The van der Waals surface area contributed by atoms with Gasteiger partial charge in [-0.25, -0.2) is 4.98 Å². The second kappa shape index (κ2) is 15.6. The summed E-state index contributed by atoms with van der Waals surface area (Å²) < 4.78 is 0. The number of nitrogens with zero attached hydrogens (tertiary/aromatic N) is 4. The number of hydrogen-bond donors (Lipinski definition) is 4. The van der Waals surface area contributed by atoms with E-state index < -0.39 is 11.2 Å². The number of para-hydroxylation sites is 2. The predicted molar refractivity (Wildman–Crippen MR) is 174 cm³/mol. The van der Waals surface area contributed by atoms with Gasteiger partial charge in [0.2, 0.25) is 17.7 Å². The molecule has 1 aromatic heterocycles. The Morgan fingerprint density at radius 1 is 1.00 bits per heavy atom. The molecule has 3 aromatic rings. The minimum absolute atomic E-state index is 0.0626. The number of nitrogens with one attached hydrogen (secondary N) is 2. The normalized spacial score (nSPS) is 13.7. The van der Waals surface area contributed by atoms with Crippen molar-refractivity contribution in [2.75, 3.05) is 29.0 Å². The van der Waals surface area contributed by atoms with Crippen molar-refractivity contribution in [2.45, 2.75) is 61.8 Å². The van der Waals surface area contributed by atoms with Crippen molar-refractivity contribution in [2.24, 2.45) is 5.73 Å². The van der Waals surface area contributed by atoms with Crippen LogP contribution >= 0.6 is 11.8 Å². The Balaban J connectivity index is 1.39. The lowest BCUT2D eigenvalue weighted by atomic mass is 9.99. The van der Waals surface area contributed by atoms with Crippen LogP contribution in [0.1, 0.15) is 66.5 Å². The quantitative estimate of drug-likeness (QED) is 0.169. The highest BCUT2D eigenvalue weighted by atomic mass is 32.2. The van der Waals surface area contributed by atoms with Gasteiger partial charge in [0.05, 0.1) is 22.5 Å². The number of amides is 3. The van der Waals surface area contributed by atoms with Gasteiger partial charge in [0.1, 0.15) is 28.2 Å². The van der Waals surface area contributed by atoms with Gasteiger partial charge < -0.3 is 27.0 Å². The summed E-state index contributed by atoms with van der Waals surface area (Å²) in [6, 6.07) is 20.5. The van der Waals surface area contributed by atoms with Crippen LogP contribution in [-0.2, 0) is 20.8 Å². The van der Waals surface area contributed by atoms with E-state index >= 15 is 0 Å². The first-order valence-corrected chi connectivity index (χ1v) is 15.7. The molecule has 11 nitrogen and oxygen atoms in total. The van der Waals surface area contributed by atoms with Crippen LogP contribution in [0.2, 0.25) is 0 Å². The monoisotopic (exact) mass is 624 g/mol. The summed E-state index contributed by atoms with van der Waals surface area (Å²) in [6.45, 7) is 2.94. The second-order valence-corrected chi connectivity index (χ2v) is 11.8. The number of nitrogen functional groups attached to an aromatic ring is 1. The third-order valence-electron chi connectivity index (χ3n) is 7.62. The number of thioether (sulfide) groups is 1. The van der Waals surface area contributed by atoms with E-state index in [1.807, 2.05) is 30.0 Å². The number of anilines is 3. The summed E-state index contributed by atoms with van der Waals surface area (Å²) in [5, 5.41) is 25.6. The van der Waals surface area contributed by atoms with Crippen molar-refractivity contribution >= 4 is 46.7 Å². The Kier molecular flexibility index (Phi) is 11.4. The number of nitriles is 2. The maximum absolute atomic E-state index is 12.6. The zero-order chi connectivity index (χ0) is 32.3. The molecule has 0 bridgehead atoms. The van der Waals surface area contributed by atoms with E-state index in [4.69, 9.17) is 16.5 Å². The summed E-state index contributed by atoms with van der Waals surface area (Å²) in [4.78, 5) is 44.1. The fourth-order valence-corrected chi connectivity index (χ4v) is 6.35. The zero-order valence-corrected chi connectivity index (χ0v) is 25.9. The molecule has 232 valence electrons. The fourth-order valence-electron chi connectivity index (χ4n) is 5.30. The van der Waals surface area contributed by atoms with Crippen molar-refractivity contribution in [3.63, 3.8) is 0 Å². The van der Waals surface area contributed by atoms with Crippen LogP contribution in [0.25, 0.3) is 0 Å². The van der Waals surface area contributed by atoms with Crippen LogP contribution in [0.15, 0.2) is 59.6 Å². The molecule has 2 aromatic carbocycles. The SMILES string of the molecule is CCc1c(C#N)c(SC(C(N)=O)c2ccccc2)nc(N2CCC(NC(=O)CCCC(=O)Nc3ccccc3N)CC2)c1C#N. The molecule has 0 saturated carbocycles. The van der Waals surface area contributed by atoms with E-state index in [0.717, 1.165) is 11.8 Å². The van der Waals surface area contributed by atoms with Gasteiger partial charge in [-0.1, -0.05) is 61.2 Å². The van der Waals surface area contributed by atoms with Gasteiger partial charge in [0.25, 0.3) is 0 Å². The van der Waals surface area contributed by atoms with E-state index in [2.05, 4.69) is 22.8 Å². The number of nitrogens with two attached hydrogens (primary N) is 2. The molecule has 1 saturated heterocycles. The summed E-state index contributed by atoms with van der Waals surface area (Å²) >= 11 is 1.11. The minimum atomic E-state index is -0.764. The zero-order valence-electron chi connectivity index (χ0n) is 25.1. The van der Waals surface area contributed by atoms with Gasteiger partial charge in [0, 0.05) is 32.0 Å². The van der Waals surface area contributed by atoms with E-state index in [1.165, 1.54) is 0 Å². The second-order valence-electron chi connectivity index (χ2n) is 10.7. The number of carbonyl (C=O) groups excluding carboxylic acids is 3. The first-order chi connectivity index (χ1) is 21.7. The topological polar surface area (TPSA) is 191 Å². The first kappa shape index (κ1) is 32.8. The third kappa shape index (κ3) is 8.31. The Morgan fingerprint density at radius 3 is 2.27 bits per heavy atom. The summed E-state index contributed by atoms with van der Waals surface area (Å²) in [5.41, 5.74) is 14.6. The van der Waals surface area contributed by atoms with Crippen molar-refractivity contribution in [3.05, 3.63) is 76.9 Å². The number of pyridine rings is 1. The number of aromatic nitrogens is 1. The molecule has 0 aliphatic carbocycles. The smallest absolute Gasteiger partial charge is 0.235 e. The van der Waals surface area contributed by atoms with Crippen LogP contribution in [0.5, 0.6) is 0 Å². The van der Waals surface area contributed by atoms with Crippen LogP contribution in [0.4, 0.5) is 17.2 Å². The molecule has 1 fully saturated rings. The van der Waals surface area contributed by atoms with E-state index in [0.29, 0.717) is 77.7 Å². The number of carbonyl (C=O) groups is 3. The number of primary amides is 1. The molecule has 2 heterocycles. The highest BCUT2D eigenvalue weighted by Gasteiger charge is 2.29. The lowest BCUT2D eigenvalue weighted by molar-refractivity contribution is -0.122. The van der Waals surface area contributed by atoms with Gasteiger partial charge in [0.15, 0.2) is 0 Å². The Morgan fingerprint density at radius 2 is 1.64 bits per heavy atom. The molecule has 45 heavy (non-hydrogen) atoms. The fraction of sp³-hybridized carbons (Fsp3) is 0.333. The molecule has 12 heteroatoms. The number of rotatable bonds is 12. The van der Waals surface area contributed by atoms with Gasteiger partial charge in [-0.3, -0.25) is 14.4 Å².